The van der Waals surface area contributed by atoms with Crippen LogP contribution in [0.5, 0.6) is 0 Å². The van der Waals surface area contributed by atoms with E-state index in [0.29, 0.717) is 31.6 Å². The van der Waals surface area contributed by atoms with Crippen LogP contribution in [0.4, 0.5) is 5.82 Å². The first-order valence-corrected chi connectivity index (χ1v) is 6.87. The van der Waals surface area contributed by atoms with E-state index in [9.17, 15) is 0 Å². The summed E-state index contributed by atoms with van der Waals surface area (Å²) in [7, 11) is 1.85. The van der Waals surface area contributed by atoms with Crippen LogP contribution in [0.25, 0.3) is 0 Å². The lowest BCUT2D eigenvalue weighted by Crippen LogP contribution is -2.24. The largest absolute Gasteiger partial charge is 0.376 e. The van der Waals surface area contributed by atoms with E-state index in [1.807, 2.05) is 7.05 Å². The Balaban J connectivity index is 2.37. The van der Waals surface area contributed by atoms with Crippen molar-refractivity contribution in [2.45, 2.75) is 25.9 Å². The van der Waals surface area contributed by atoms with Gasteiger partial charge in [0.2, 0.25) is 0 Å². The quantitative estimate of drug-likeness (QED) is 0.928. The topological polar surface area (TPSA) is 56.3 Å². The van der Waals surface area contributed by atoms with E-state index in [0.717, 1.165) is 16.0 Å². The Morgan fingerprint density at radius 1 is 1.33 bits per heavy atom. The summed E-state index contributed by atoms with van der Waals surface area (Å²) in [5, 5.41) is 3.08. The Labute approximate surface area is 115 Å². The normalized spacial score (nSPS) is 20.2. The van der Waals surface area contributed by atoms with Gasteiger partial charge in [-0.1, -0.05) is 13.8 Å². The van der Waals surface area contributed by atoms with Gasteiger partial charge >= 0.3 is 0 Å². The molecule has 0 radical (unpaired) electrons. The summed E-state index contributed by atoms with van der Waals surface area (Å²) in [5.41, 5.74) is 0.985. The van der Waals surface area contributed by atoms with Gasteiger partial charge in [-0.2, -0.15) is 0 Å². The number of aromatic nitrogens is 2. The highest BCUT2D eigenvalue weighted by atomic mass is 79.9. The van der Waals surface area contributed by atoms with Crippen LogP contribution in [-0.2, 0) is 9.47 Å². The Morgan fingerprint density at radius 3 is 2.67 bits per heavy atom. The van der Waals surface area contributed by atoms with Crippen LogP contribution >= 0.6 is 15.9 Å². The van der Waals surface area contributed by atoms with Gasteiger partial charge in [-0.25, -0.2) is 9.97 Å². The van der Waals surface area contributed by atoms with E-state index >= 15 is 0 Å². The molecule has 1 saturated heterocycles. The lowest BCUT2D eigenvalue weighted by molar-refractivity contribution is -0.0935. The van der Waals surface area contributed by atoms with Crippen LogP contribution in [0, 0.1) is 0 Å². The van der Waals surface area contributed by atoms with Crippen LogP contribution in [0.15, 0.2) is 4.47 Å². The highest BCUT2D eigenvalue weighted by Crippen LogP contribution is 2.30. The van der Waals surface area contributed by atoms with E-state index in [4.69, 9.17) is 9.47 Å². The van der Waals surface area contributed by atoms with Crippen LogP contribution in [0.1, 0.15) is 37.4 Å². The zero-order valence-corrected chi connectivity index (χ0v) is 12.5. The van der Waals surface area contributed by atoms with E-state index in [1.165, 1.54) is 0 Å². The number of ether oxygens (including phenoxy) is 2. The molecule has 100 valence electrons. The molecular formula is C12H18BrN3O2. The minimum Gasteiger partial charge on any atom is -0.376 e. The smallest absolute Gasteiger partial charge is 0.162 e. The van der Waals surface area contributed by atoms with E-state index in [-0.39, 0.29) is 6.10 Å². The van der Waals surface area contributed by atoms with Crippen molar-refractivity contribution in [1.82, 2.24) is 9.97 Å². The second kappa shape index (κ2) is 5.95. The first kappa shape index (κ1) is 13.7. The predicted octanol–water partition coefficient (Wildman–Crippen LogP) is 2.49. The van der Waals surface area contributed by atoms with Crippen molar-refractivity contribution in [2.24, 2.45) is 0 Å². The average molecular weight is 316 g/mol. The minimum absolute atomic E-state index is 0.170. The van der Waals surface area contributed by atoms with Gasteiger partial charge in [0.05, 0.1) is 30.0 Å². The molecule has 1 N–H and O–H groups in total. The molecule has 0 spiro atoms. The minimum atomic E-state index is -0.170. The molecule has 0 amide bonds. The summed E-state index contributed by atoms with van der Waals surface area (Å²) in [6.45, 7) is 5.96. The fourth-order valence-electron chi connectivity index (χ4n) is 1.81. The predicted molar refractivity (Wildman–Crippen MR) is 72.9 cm³/mol. The average Bonchev–Trinajstić information content (AvgIpc) is 2.39. The zero-order chi connectivity index (χ0) is 13.1. The summed E-state index contributed by atoms with van der Waals surface area (Å²) in [5.74, 6) is 1.79. The molecule has 2 heterocycles. The number of anilines is 1. The molecule has 6 heteroatoms. The summed E-state index contributed by atoms with van der Waals surface area (Å²) in [4.78, 5) is 9.08. The van der Waals surface area contributed by atoms with Gasteiger partial charge in [-0.05, 0) is 21.8 Å². The van der Waals surface area contributed by atoms with Crippen molar-refractivity contribution in [3.63, 3.8) is 0 Å². The van der Waals surface area contributed by atoms with Crippen molar-refractivity contribution < 1.29 is 9.47 Å². The van der Waals surface area contributed by atoms with Crippen LogP contribution in [0.2, 0.25) is 0 Å². The second-order valence-corrected chi connectivity index (χ2v) is 5.26. The van der Waals surface area contributed by atoms with Crippen molar-refractivity contribution in [3.05, 3.63) is 16.0 Å². The Kier molecular flexibility index (Phi) is 4.53. The first-order chi connectivity index (χ1) is 8.63. The fraction of sp³-hybridized carbons (Fsp3) is 0.667. The number of halogens is 1. The summed E-state index contributed by atoms with van der Waals surface area (Å²) in [6, 6.07) is 0. The fourth-order valence-corrected chi connectivity index (χ4v) is 2.64. The SMILES string of the molecule is CNc1nc(C2COCCO2)nc(C(C)C)c1Br. The summed E-state index contributed by atoms with van der Waals surface area (Å²) in [6.07, 6.45) is -0.170. The first-order valence-electron chi connectivity index (χ1n) is 6.08. The highest BCUT2D eigenvalue weighted by Gasteiger charge is 2.23. The molecule has 0 bridgehead atoms. The van der Waals surface area contributed by atoms with E-state index in [1.54, 1.807) is 0 Å². The molecule has 2 rings (SSSR count). The maximum atomic E-state index is 5.65. The molecule has 5 nitrogen and oxygen atoms in total. The monoisotopic (exact) mass is 315 g/mol. The van der Waals surface area contributed by atoms with Gasteiger partial charge in [0.15, 0.2) is 5.82 Å². The maximum absolute atomic E-state index is 5.65. The lowest BCUT2D eigenvalue weighted by atomic mass is 10.1. The van der Waals surface area contributed by atoms with Gasteiger partial charge < -0.3 is 14.8 Å². The standard InChI is InChI=1S/C12H18BrN3O2/c1-7(2)10-9(13)12(14-3)16-11(15-10)8-6-17-4-5-18-8/h7-8H,4-6H2,1-3H3,(H,14,15,16). The Bertz CT molecular complexity index is 420. The number of nitrogens with zero attached hydrogens (tertiary/aromatic N) is 2. The zero-order valence-electron chi connectivity index (χ0n) is 10.9. The van der Waals surface area contributed by atoms with Crippen molar-refractivity contribution in [3.8, 4) is 0 Å². The highest BCUT2D eigenvalue weighted by molar-refractivity contribution is 9.10. The molecule has 1 aromatic rings. The van der Waals surface area contributed by atoms with Gasteiger partial charge in [-0.15, -0.1) is 0 Å². The maximum Gasteiger partial charge on any atom is 0.162 e. The van der Waals surface area contributed by atoms with Crippen LogP contribution in [-0.4, -0.2) is 36.8 Å². The second-order valence-electron chi connectivity index (χ2n) is 4.47. The van der Waals surface area contributed by atoms with Crippen molar-refractivity contribution in [1.29, 1.82) is 0 Å². The van der Waals surface area contributed by atoms with Crippen LogP contribution < -0.4 is 5.32 Å². The van der Waals surface area contributed by atoms with Crippen molar-refractivity contribution >= 4 is 21.7 Å². The van der Waals surface area contributed by atoms with Gasteiger partial charge in [-0.3, -0.25) is 0 Å². The summed E-state index contributed by atoms with van der Waals surface area (Å²) < 4.78 is 12.0. The molecule has 18 heavy (non-hydrogen) atoms. The van der Waals surface area contributed by atoms with Gasteiger partial charge in [0, 0.05) is 7.05 Å². The molecule has 1 atom stereocenters. The molecule has 0 saturated carbocycles. The molecule has 0 aromatic carbocycles. The molecule has 1 aliphatic rings. The molecular weight excluding hydrogens is 298 g/mol. The Hall–Kier alpha value is -0.720. The van der Waals surface area contributed by atoms with E-state index < -0.39 is 0 Å². The molecule has 1 fully saturated rings. The number of hydrogen-bond donors (Lipinski definition) is 1. The van der Waals surface area contributed by atoms with Gasteiger partial charge in [0.1, 0.15) is 11.9 Å². The van der Waals surface area contributed by atoms with E-state index in [2.05, 4.69) is 45.1 Å². The lowest BCUT2D eigenvalue weighted by Gasteiger charge is -2.23. The number of rotatable bonds is 3. The number of hydrogen-bond acceptors (Lipinski definition) is 5. The van der Waals surface area contributed by atoms with Crippen LogP contribution in [0.3, 0.4) is 0 Å². The Morgan fingerprint density at radius 2 is 2.11 bits per heavy atom. The molecule has 0 aliphatic carbocycles. The third-order valence-corrected chi connectivity index (χ3v) is 3.56. The van der Waals surface area contributed by atoms with Crippen molar-refractivity contribution in [2.75, 3.05) is 32.2 Å². The third-order valence-electron chi connectivity index (χ3n) is 2.78. The molecule has 1 unspecified atom stereocenters. The van der Waals surface area contributed by atoms with Gasteiger partial charge in [0.25, 0.3) is 0 Å². The third kappa shape index (κ3) is 2.81. The molecule has 1 aliphatic heterocycles. The number of nitrogens with one attached hydrogen (secondary N) is 1. The summed E-state index contributed by atoms with van der Waals surface area (Å²) >= 11 is 3.54. The molecule has 1 aromatic heterocycles.